The summed E-state index contributed by atoms with van der Waals surface area (Å²) in [6, 6.07) is 7.90. The second-order valence-corrected chi connectivity index (χ2v) is 5.56. The lowest BCUT2D eigenvalue weighted by molar-refractivity contribution is -0.136. The maximum Gasteiger partial charge on any atom is 0.389 e. The molecule has 0 aliphatic rings. The average molecular weight is 288 g/mol. The number of hydrogen-bond donors (Lipinski definition) is 1. The fourth-order valence-electron chi connectivity index (χ4n) is 2.16. The van der Waals surface area contributed by atoms with Crippen molar-refractivity contribution >= 4 is 5.69 Å². The maximum atomic E-state index is 12.3. The molecule has 0 saturated carbocycles. The first kappa shape index (κ1) is 16.8. The topological polar surface area (TPSA) is 29.3 Å². The van der Waals surface area contributed by atoms with E-state index in [2.05, 4.69) is 0 Å². The Morgan fingerprint density at radius 1 is 1.10 bits per heavy atom. The van der Waals surface area contributed by atoms with Crippen molar-refractivity contribution in [2.75, 3.05) is 18.5 Å². The summed E-state index contributed by atoms with van der Waals surface area (Å²) in [4.78, 5) is 1.98. The van der Waals surface area contributed by atoms with Crippen LogP contribution in [-0.4, -0.2) is 25.3 Å². The third-order valence-corrected chi connectivity index (χ3v) is 3.85. The minimum atomic E-state index is -4.10. The molecule has 1 aromatic carbocycles. The van der Waals surface area contributed by atoms with Gasteiger partial charge in [0.1, 0.15) is 0 Å². The van der Waals surface area contributed by atoms with Crippen molar-refractivity contribution in [1.82, 2.24) is 0 Å². The van der Waals surface area contributed by atoms with E-state index in [4.69, 9.17) is 5.73 Å². The molecule has 1 rings (SSSR count). The molecule has 0 aromatic heterocycles. The number of rotatable bonds is 6. The molecule has 0 spiro atoms. The number of hydrogen-bond acceptors (Lipinski definition) is 2. The van der Waals surface area contributed by atoms with E-state index in [1.165, 1.54) is 0 Å². The number of aryl methyl sites for hydroxylation is 1. The predicted molar refractivity (Wildman–Crippen MR) is 76.9 cm³/mol. The van der Waals surface area contributed by atoms with E-state index < -0.39 is 18.1 Å². The highest BCUT2D eigenvalue weighted by molar-refractivity contribution is 5.49. The molecule has 0 fully saturated rings. The Kier molecular flexibility index (Phi) is 5.45. The second kappa shape index (κ2) is 6.48. The number of nitrogens with zero attached hydrogens (tertiary/aromatic N) is 1. The summed E-state index contributed by atoms with van der Waals surface area (Å²) in [6.07, 6.45) is -4.36. The van der Waals surface area contributed by atoms with Gasteiger partial charge >= 0.3 is 6.18 Å². The van der Waals surface area contributed by atoms with Gasteiger partial charge in [-0.3, -0.25) is 0 Å². The highest BCUT2D eigenvalue weighted by Crippen LogP contribution is 2.29. The molecule has 0 saturated heterocycles. The molecule has 1 unspecified atom stereocenters. The maximum absolute atomic E-state index is 12.3. The number of benzene rings is 1. The zero-order valence-electron chi connectivity index (χ0n) is 12.3. The first-order chi connectivity index (χ1) is 9.18. The normalized spacial score (nSPS) is 14.9. The summed E-state index contributed by atoms with van der Waals surface area (Å²) in [6.45, 7) is 4.22. The van der Waals surface area contributed by atoms with E-state index in [-0.39, 0.29) is 6.42 Å². The zero-order valence-corrected chi connectivity index (χ0v) is 12.3. The van der Waals surface area contributed by atoms with Crippen molar-refractivity contribution in [1.29, 1.82) is 0 Å². The van der Waals surface area contributed by atoms with Gasteiger partial charge in [0.15, 0.2) is 0 Å². The molecular weight excluding hydrogens is 265 g/mol. The lowest BCUT2D eigenvalue weighted by Crippen LogP contribution is -2.50. The third kappa shape index (κ3) is 4.71. The zero-order chi connectivity index (χ0) is 15.4. The minimum Gasteiger partial charge on any atom is -0.368 e. The Hall–Kier alpha value is -1.23. The van der Waals surface area contributed by atoms with Crippen molar-refractivity contribution < 1.29 is 13.2 Å². The van der Waals surface area contributed by atoms with Crippen LogP contribution in [0.4, 0.5) is 18.9 Å². The molecule has 5 heteroatoms. The van der Waals surface area contributed by atoms with Crippen LogP contribution >= 0.6 is 0 Å². The largest absolute Gasteiger partial charge is 0.389 e. The smallest absolute Gasteiger partial charge is 0.368 e. The molecule has 1 aromatic rings. The monoisotopic (exact) mass is 288 g/mol. The van der Waals surface area contributed by atoms with Crippen molar-refractivity contribution in [2.45, 2.75) is 44.8 Å². The summed E-state index contributed by atoms with van der Waals surface area (Å²) in [5.74, 6) is 0. The van der Waals surface area contributed by atoms with Gasteiger partial charge in [-0.2, -0.15) is 13.2 Å². The quantitative estimate of drug-likeness (QED) is 0.860. The molecule has 2 nitrogen and oxygen atoms in total. The number of alkyl halides is 3. The molecule has 114 valence electrons. The van der Waals surface area contributed by atoms with Gasteiger partial charge in [0, 0.05) is 31.2 Å². The van der Waals surface area contributed by atoms with Crippen LogP contribution in [0.3, 0.4) is 0 Å². The Balaban J connectivity index is 2.74. The fourth-order valence-corrected chi connectivity index (χ4v) is 2.16. The van der Waals surface area contributed by atoms with Crippen LogP contribution in [0.15, 0.2) is 24.3 Å². The fraction of sp³-hybridized carbons (Fsp3) is 0.600. The van der Waals surface area contributed by atoms with Crippen molar-refractivity contribution in [3.63, 3.8) is 0 Å². The predicted octanol–water partition coefficient (Wildman–Crippen LogP) is 3.88. The van der Waals surface area contributed by atoms with Crippen LogP contribution in [0, 0.1) is 6.92 Å². The van der Waals surface area contributed by atoms with Gasteiger partial charge in [0.25, 0.3) is 0 Å². The molecular formula is C15H23F3N2. The SMILES string of the molecule is Cc1ccc(N(C)C(C)(CN)CCCC(F)(F)F)cc1. The molecule has 0 heterocycles. The van der Waals surface area contributed by atoms with Gasteiger partial charge in [-0.05, 0) is 38.8 Å². The number of anilines is 1. The number of likely N-dealkylation sites (N-methyl/N-ethyl adjacent to an activating group) is 1. The lowest BCUT2D eigenvalue weighted by atomic mass is 9.92. The molecule has 0 aliphatic heterocycles. The highest BCUT2D eigenvalue weighted by atomic mass is 19.4. The van der Waals surface area contributed by atoms with E-state index in [0.717, 1.165) is 11.3 Å². The first-order valence-corrected chi connectivity index (χ1v) is 6.75. The van der Waals surface area contributed by atoms with Crippen LogP contribution in [0.5, 0.6) is 0 Å². The van der Waals surface area contributed by atoms with E-state index >= 15 is 0 Å². The molecule has 0 aliphatic carbocycles. The van der Waals surface area contributed by atoms with Gasteiger partial charge in [-0.1, -0.05) is 17.7 Å². The molecule has 0 radical (unpaired) electrons. The van der Waals surface area contributed by atoms with Gasteiger partial charge < -0.3 is 10.6 Å². The van der Waals surface area contributed by atoms with Crippen molar-refractivity contribution in [2.24, 2.45) is 5.73 Å². The van der Waals surface area contributed by atoms with Crippen LogP contribution in [0.25, 0.3) is 0 Å². The van der Waals surface area contributed by atoms with Crippen LogP contribution in [-0.2, 0) is 0 Å². The lowest BCUT2D eigenvalue weighted by Gasteiger charge is -2.40. The summed E-state index contributed by atoms with van der Waals surface area (Å²) in [5, 5.41) is 0. The van der Waals surface area contributed by atoms with Gasteiger partial charge in [-0.15, -0.1) is 0 Å². The standard InChI is InChI=1S/C15H23F3N2/c1-12-5-7-13(8-6-12)20(3)14(2,11-19)9-4-10-15(16,17)18/h5-8H,4,9-11,19H2,1-3H3. The Bertz CT molecular complexity index is 414. The summed E-state index contributed by atoms with van der Waals surface area (Å²) >= 11 is 0. The first-order valence-electron chi connectivity index (χ1n) is 6.75. The Morgan fingerprint density at radius 2 is 1.65 bits per heavy atom. The van der Waals surface area contributed by atoms with Gasteiger partial charge in [-0.25, -0.2) is 0 Å². The molecule has 0 amide bonds. The van der Waals surface area contributed by atoms with Gasteiger partial charge in [0.2, 0.25) is 0 Å². The highest BCUT2D eigenvalue weighted by Gasteiger charge is 2.31. The van der Waals surface area contributed by atoms with Crippen molar-refractivity contribution in [3.8, 4) is 0 Å². The van der Waals surface area contributed by atoms with Gasteiger partial charge in [0.05, 0.1) is 0 Å². The Morgan fingerprint density at radius 3 is 2.10 bits per heavy atom. The van der Waals surface area contributed by atoms with E-state index in [1.54, 1.807) is 0 Å². The minimum absolute atomic E-state index is 0.0907. The Labute approximate surface area is 118 Å². The van der Waals surface area contributed by atoms with E-state index in [0.29, 0.717) is 13.0 Å². The summed E-state index contributed by atoms with van der Waals surface area (Å²) in [7, 11) is 1.88. The second-order valence-electron chi connectivity index (χ2n) is 5.56. The van der Waals surface area contributed by atoms with E-state index in [9.17, 15) is 13.2 Å². The van der Waals surface area contributed by atoms with Crippen LogP contribution < -0.4 is 10.6 Å². The van der Waals surface area contributed by atoms with Crippen LogP contribution in [0.2, 0.25) is 0 Å². The van der Waals surface area contributed by atoms with Crippen LogP contribution in [0.1, 0.15) is 31.7 Å². The molecule has 1 atom stereocenters. The molecule has 2 N–H and O–H groups in total. The van der Waals surface area contributed by atoms with Crippen molar-refractivity contribution in [3.05, 3.63) is 29.8 Å². The molecule has 20 heavy (non-hydrogen) atoms. The molecule has 0 bridgehead atoms. The number of nitrogens with two attached hydrogens (primary N) is 1. The van der Waals surface area contributed by atoms with E-state index in [1.807, 2.05) is 50.1 Å². The third-order valence-electron chi connectivity index (χ3n) is 3.85. The summed E-state index contributed by atoms with van der Waals surface area (Å²) < 4.78 is 36.8. The summed E-state index contributed by atoms with van der Waals surface area (Å²) in [5.41, 5.74) is 7.45. The number of halogens is 3. The average Bonchev–Trinajstić information content (AvgIpc) is 2.37.